The number of hydrogen-bond donors (Lipinski definition) is 1. The quantitative estimate of drug-likeness (QED) is 0.731. The van der Waals surface area contributed by atoms with Gasteiger partial charge in [0.25, 0.3) is 5.91 Å². The molecule has 6 nitrogen and oxygen atoms in total. The molecule has 0 aliphatic heterocycles. The molecule has 22 heavy (non-hydrogen) atoms. The second-order valence-corrected chi connectivity index (χ2v) is 4.69. The Morgan fingerprint density at radius 1 is 1.36 bits per heavy atom. The van der Waals surface area contributed by atoms with Gasteiger partial charge in [0, 0.05) is 31.6 Å². The average molecular weight is 297 g/mol. The molecular formula is C16H15N3O3. The molecule has 3 rings (SSSR count). The van der Waals surface area contributed by atoms with Crippen LogP contribution < -0.4 is 5.32 Å². The molecule has 1 aromatic carbocycles. The maximum Gasteiger partial charge on any atom is 0.251 e. The smallest absolute Gasteiger partial charge is 0.251 e. The Balaban J connectivity index is 1.86. The van der Waals surface area contributed by atoms with Crippen LogP contribution in [0.4, 0.5) is 0 Å². The lowest BCUT2D eigenvalue weighted by atomic mass is 10.2. The zero-order chi connectivity index (χ0) is 15.4. The van der Waals surface area contributed by atoms with Gasteiger partial charge in [-0.2, -0.15) is 0 Å². The first-order valence-electron chi connectivity index (χ1n) is 6.86. The Morgan fingerprint density at radius 3 is 3.05 bits per heavy atom. The van der Waals surface area contributed by atoms with Gasteiger partial charge >= 0.3 is 0 Å². The summed E-state index contributed by atoms with van der Waals surface area (Å²) >= 11 is 0. The number of amides is 1. The van der Waals surface area contributed by atoms with Gasteiger partial charge in [-0.05, 0) is 30.3 Å². The standard InChI is InChI=1S/C16H15N3O3/c1-21-8-7-18-15(20)11-4-5-13-14(9-11)22-16(19-13)12-3-2-6-17-10-12/h2-6,9-10H,7-8H2,1H3,(H,18,20). The van der Waals surface area contributed by atoms with Crippen molar-refractivity contribution in [2.75, 3.05) is 20.3 Å². The second-order valence-electron chi connectivity index (χ2n) is 4.69. The van der Waals surface area contributed by atoms with Gasteiger partial charge in [0.05, 0.1) is 12.2 Å². The van der Waals surface area contributed by atoms with Gasteiger partial charge in [-0.1, -0.05) is 0 Å². The number of fused-ring (bicyclic) bond motifs is 1. The number of oxazole rings is 1. The highest BCUT2D eigenvalue weighted by atomic mass is 16.5. The highest BCUT2D eigenvalue weighted by molar-refractivity contribution is 5.97. The molecule has 0 spiro atoms. The average Bonchev–Trinajstić information content (AvgIpc) is 2.99. The van der Waals surface area contributed by atoms with Crippen LogP contribution in [0.15, 0.2) is 47.1 Å². The zero-order valence-electron chi connectivity index (χ0n) is 12.1. The summed E-state index contributed by atoms with van der Waals surface area (Å²) in [7, 11) is 1.59. The van der Waals surface area contributed by atoms with E-state index < -0.39 is 0 Å². The van der Waals surface area contributed by atoms with Crippen LogP contribution in [0.25, 0.3) is 22.6 Å². The number of nitrogens with one attached hydrogen (secondary N) is 1. The molecule has 1 N–H and O–H groups in total. The van der Waals surface area contributed by atoms with Crippen molar-refractivity contribution in [1.82, 2.24) is 15.3 Å². The molecule has 3 aromatic rings. The lowest BCUT2D eigenvalue weighted by molar-refractivity contribution is 0.0937. The summed E-state index contributed by atoms with van der Waals surface area (Å²) < 4.78 is 10.6. The lowest BCUT2D eigenvalue weighted by Crippen LogP contribution is -2.26. The van der Waals surface area contributed by atoms with Crippen LogP contribution in [0.5, 0.6) is 0 Å². The topological polar surface area (TPSA) is 77.2 Å². The Bertz CT molecular complexity index is 784. The van der Waals surface area contributed by atoms with E-state index in [2.05, 4.69) is 15.3 Å². The molecule has 0 atom stereocenters. The van der Waals surface area contributed by atoms with E-state index in [1.54, 1.807) is 37.7 Å². The van der Waals surface area contributed by atoms with Gasteiger partial charge in [-0.15, -0.1) is 0 Å². The van der Waals surface area contributed by atoms with Crippen LogP contribution >= 0.6 is 0 Å². The Hall–Kier alpha value is -2.73. The van der Waals surface area contributed by atoms with Gasteiger partial charge in [-0.3, -0.25) is 9.78 Å². The molecule has 0 unspecified atom stereocenters. The van der Waals surface area contributed by atoms with Gasteiger partial charge in [0.15, 0.2) is 5.58 Å². The number of nitrogens with zero attached hydrogens (tertiary/aromatic N) is 2. The number of ether oxygens (including phenoxy) is 1. The van der Waals surface area contributed by atoms with Crippen molar-refractivity contribution >= 4 is 17.0 Å². The third-order valence-electron chi connectivity index (χ3n) is 3.15. The predicted molar refractivity (Wildman–Crippen MR) is 81.4 cm³/mol. The fourth-order valence-corrected chi connectivity index (χ4v) is 2.05. The minimum atomic E-state index is -0.168. The molecule has 6 heteroatoms. The van der Waals surface area contributed by atoms with Crippen molar-refractivity contribution in [2.45, 2.75) is 0 Å². The van der Waals surface area contributed by atoms with E-state index >= 15 is 0 Å². The van der Waals surface area contributed by atoms with Gasteiger partial charge < -0.3 is 14.5 Å². The highest BCUT2D eigenvalue weighted by Crippen LogP contribution is 2.24. The molecule has 112 valence electrons. The molecular weight excluding hydrogens is 282 g/mol. The number of hydrogen-bond acceptors (Lipinski definition) is 5. The molecule has 0 saturated heterocycles. The maximum absolute atomic E-state index is 12.0. The number of methoxy groups -OCH3 is 1. The zero-order valence-corrected chi connectivity index (χ0v) is 12.1. The van der Waals surface area contributed by atoms with Crippen LogP contribution in [-0.4, -0.2) is 36.1 Å². The van der Waals surface area contributed by atoms with Gasteiger partial charge in [0.2, 0.25) is 5.89 Å². The molecule has 0 radical (unpaired) electrons. The first-order valence-corrected chi connectivity index (χ1v) is 6.86. The molecule has 0 fully saturated rings. The van der Waals surface area contributed by atoms with Crippen molar-refractivity contribution in [3.8, 4) is 11.5 Å². The molecule has 1 amide bonds. The molecule has 2 aromatic heterocycles. The second kappa shape index (κ2) is 6.36. The van der Waals surface area contributed by atoms with E-state index in [4.69, 9.17) is 9.15 Å². The van der Waals surface area contributed by atoms with Crippen LogP contribution in [0.2, 0.25) is 0 Å². The van der Waals surface area contributed by atoms with E-state index in [-0.39, 0.29) is 5.91 Å². The van der Waals surface area contributed by atoms with E-state index in [0.29, 0.717) is 35.7 Å². The van der Waals surface area contributed by atoms with Gasteiger partial charge in [0.1, 0.15) is 5.52 Å². The summed E-state index contributed by atoms with van der Waals surface area (Å²) in [6.45, 7) is 0.937. The number of aromatic nitrogens is 2. The van der Waals surface area contributed by atoms with E-state index in [1.807, 2.05) is 12.1 Å². The molecule has 2 heterocycles. The van der Waals surface area contributed by atoms with Crippen LogP contribution in [0.1, 0.15) is 10.4 Å². The minimum Gasteiger partial charge on any atom is -0.436 e. The Morgan fingerprint density at radius 2 is 2.27 bits per heavy atom. The molecule has 0 saturated carbocycles. The van der Waals surface area contributed by atoms with Crippen LogP contribution in [-0.2, 0) is 4.74 Å². The summed E-state index contributed by atoms with van der Waals surface area (Å²) in [5.41, 5.74) is 2.59. The lowest BCUT2D eigenvalue weighted by Gasteiger charge is -2.03. The first-order chi connectivity index (χ1) is 10.8. The third-order valence-corrected chi connectivity index (χ3v) is 3.15. The van der Waals surface area contributed by atoms with Crippen LogP contribution in [0.3, 0.4) is 0 Å². The predicted octanol–water partition coefficient (Wildman–Crippen LogP) is 2.27. The monoisotopic (exact) mass is 297 g/mol. The SMILES string of the molecule is COCCNC(=O)c1ccc2nc(-c3cccnc3)oc2c1. The number of benzene rings is 1. The van der Waals surface area contributed by atoms with Crippen LogP contribution in [0, 0.1) is 0 Å². The summed E-state index contributed by atoms with van der Waals surface area (Å²) in [4.78, 5) is 20.4. The number of rotatable bonds is 5. The van der Waals surface area contributed by atoms with Crippen molar-refractivity contribution in [3.05, 3.63) is 48.3 Å². The summed E-state index contributed by atoms with van der Waals surface area (Å²) in [6.07, 6.45) is 3.37. The fraction of sp³-hybridized carbons (Fsp3) is 0.188. The number of pyridine rings is 1. The van der Waals surface area contributed by atoms with Gasteiger partial charge in [-0.25, -0.2) is 4.98 Å². The summed E-state index contributed by atoms with van der Waals surface area (Å²) in [5.74, 6) is 0.318. The maximum atomic E-state index is 12.0. The largest absolute Gasteiger partial charge is 0.436 e. The van der Waals surface area contributed by atoms with E-state index in [1.165, 1.54) is 0 Å². The van der Waals surface area contributed by atoms with Crippen molar-refractivity contribution in [3.63, 3.8) is 0 Å². The Labute approximate surface area is 127 Å². The highest BCUT2D eigenvalue weighted by Gasteiger charge is 2.11. The number of carbonyl (C=O) groups is 1. The first kappa shape index (κ1) is 14.2. The Kier molecular flexibility index (Phi) is 4.11. The third kappa shape index (κ3) is 2.96. The summed E-state index contributed by atoms with van der Waals surface area (Å²) in [6, 6.07) is 8.86. The molecule has 0 aliphatic carbocycles. The van der Waals surface area contributed by atoms with Crippen molar-refractivity contribution in [2.24, 2.45) is 0 Å². The molecule has 0 bridgehead atoms. The van der Waals surface area contributed by atoms with Crippen molar-refractivity contribution in [1.29, 1.82) is 0 Å². The van der Waals surface area contributed by atoms with Crippen molar-refractivity contribution < 1.29 is 13.9 Å². The van der Waals surface area contributed by atoms with E-state index in [0.717, 1.165) is 5.56 Å². The normalized spacial score (nSPS) is 10.8. The number of carbonyl (C=O) groups excluding carboxylic acids is 1. The fourth-order valence-electron chi connectivity index (χ4n) is 2.05. The van der Waals surface area contributed by atoms with E-state index in [9.17, 15) is 4.79 Å². The molecule has 0 aliphatic rings. The summed E-state index contributed by atoms with van der Waals surface area (Å²) in [5, 5.41) is 2.77. The minimum absolute atomic E-state index is 0.168.